The second-order valence-corrected chi connectivity index (χ2v) is 13.1. The first-order valence-corrected chi connectivity index (χ1v) is 15.3. The van der Waals surface area contributed by atoms with Gasteiger partial charge >= 0.3 is 12.1 Å². The molecule has 3 nitrogen and oxygen atoms in total. The molecule has 0 amide bonds. The molecule has 2 N–H and O–H groups in total. The van der Waals surface area contributed by atoms with Crippen LogP contribution < -0.4 is 5.32 Å². The van der Waals surface area contributed by atoms with Crippen LogP contribution >= 0.6 is 0 Å². The third-order valence-electron chi connectivity index (χ3n) is 10.9. The SMILES string of the molecule is C[C@]12C[C@H](c3ccc(CNCCc4ccccc4)cc3)C3=C4CCC(=O)C=C4CC[C@H]3[C@@H]1CC[C@@]2(O)C(F)(F)C(F)(F)F. The van der Waals surface area contributed by atoms with Gasteiger partial charge in [-0.15, -0.1) is 0 Å². The molecule has 0 radical (unpaired) electrons. The number of alkyl halides is 5. The summed E-state index contributed by atoms with van der Waals surface area (Å²) in [5.74, 6) is -6.31. The molecule has 2 fully saturated rings. The Kier molecular flexibility index (Phi) is 7.69. The number of fused-ring (bicyclic) bond motifs is 4. The minimum Gasteiger partial charge on any atom is -0.383 e. The minimum atomic E-state index is -5.85. The molecule has 0 spiro atoms. The number of nitrogens with one attached hydrogen (secondary N) is 1. The minimum absolute atomic E-state index is 0.00886. The number of carbonyl (C=O) groups is 1. The standard InChI is InChI=1S/C35H38F5NO2/c1-32-20-29(24-9-7-23(8-10-24)21-41-18-16-22-5-3-2-4-6-22)31-27-14-12-26(42)19-25(27)11-13-28(31)30(32)15-17-33(32,43)34(36,37)35(38,39)40/h2-10,19,28-30,41,43H,11-18,20-21H2,1H3/t28-,29+,30-,32-,33-/m0/s1. The summed E-state index contributed by atoms with van der Waals surface area (Å²) in [4.78, 5) is 12.3. The molecule has 8 heteroatoms. The third kappa shape index (κ3) is 4.98. The van der Waals surface area contributed by atoms with Crippen LogP contribution in [0.5, 0.6) is 0 Å². The number of ketones is 1. The monoisotopic (exact) mass is 599 g/mol. The number of halogens is 5. The first-order valence-electron chi connectivity index (χ1n) is 15.3. The number of carbonyl (C=O) groups excluding carboxylic acids is 1. The second-order valence-electron chi connectivity index (χ2n) is 13.1. The number of hydrogen-bond acceptors (Lipinski definition) is 3. The lowest BCUT2D eigenvalue weighted by atomic mass is 9.50. The van der Waals surface area contributed by atoms with Crippen molar-refractivity contribution in [3.05, 3.63) is 94.1 Å². The Morgan fingerprint density at radius 1 is 0.930 bits per heavy atom. The molecule has 0 saturated heterocycles. The molecule has 2 saturated carbocycles. The molecule has 0 aromatic heterocycles. The molecule has 5 atom stereocenters. The first kappa shape index (κ1) is 30.2. The molecule has 230 valence electrons. The van der Waals surface area contributed by atoms with Crippen LogP contribution in [0.25, 0.3) is 0 Å². The maximum atomic E-state index is 15.2. The van der Waals surface area contributed by atoms with Crippen LogP contribution in [-0.2, 0) is 17.8 Å². The highest BCUT2D eigenvalue weighted by atomic mass is 19.4. The Bertz CT molecular complexity index is 1430. The topological polar surface area (TPSA) is 49.3 Å². The van der Waals surface area contributed by atoms with Crippen molar-refractivity contribution in [1.82, 2.24) is 5.32 Å². The summed E-state index contributed by atoms with van der Waals surface area (Å²) >= 11 is 0. The summed E-state index contributed by atoms with van der Waals surface area (Å²) in [5, 5.41) is 14.9. The van der Waals surface area contributed by atoms with Crippen molar-refractivity contribution in [3.63, 3.8) is 0 Å². The maximum absolute atomic E-state index is 15.2. The van der Waals surface area contributed by atoms with Crippen molar-refractivity contribution in [2.45, 2.75) is 88.5 Å². The lowest BCUT2D eigenvalue weighted by molar-refractivity contribution is -0.362. The number of allylic oxidation sites excluding steroid dienone is 4. The lowest BCUT2D eigenvalue weighted by Gasteiger charge is -2.56. The molecule has 6 rings (SSSR count). The van der Waals surface area contributed by atoms with Gasteiger partial charge in [0.05, 0.1) is 0 Å². The number of benzene rings is 2. The number of hydrogen-bond donors (Lipinski definition) is 2. The van der Waals surface area contributed by atoms with Crippen LogP contribution in [0, 0.1) is 17.3 Å². The molecule has 2 aromatic carbocycles. The van der Waals surface area contributed by atoms with E-state index >= 15 is 8.78 Å². The van der Waals surface area contributed by atoms with E-state index in [1.165, 1.54) is 12.5 Å². The van der Waals surface area contributed by atoms with E-state index in [1.54, 1.807) is 6.08 Å². The summed E-state index contributed by atoms with van der Waals surface area (Å²) in [6, 6.07) is 18.0. The summed E-state index contributed by atoms with van der Waals surface area (Å²) in [6.07, 6.45) is -1.67. The van der Waals surface area contributed by atoms with E-state index in [0.29, 0.717) is 32.2 Å². The van der Waals surface area contributed by atoms with Crippen LogP contribution in [0.2, 0.25) is 0 Å². The maximum Gasteiger partial charge on any atom is 0.456 e. The van der Waals surface area contributed by atoms with E-state index in [1.807, 2.05) is 42.5 Å². The molecule has 0 heterocycles. The summed E-state index contributed by atoms with van der Waals surface area (Å²) in [6.45, 7) is 2.89. The highest BCUT2D eigenvalue weighted by Gasteiger charge is 2.79. The van der Waals surface area contributed by atoms with Gasteiger partial charge in [-0.1, -0.05) is 67.1 Å². The highest BCUT2D eigenvalue weighted by molar-refractivity contribution is 5.93. The van der Waals surface area contributed by atoms with Gasteiger partial charge < -0.3 is 10.4 Å². The van der Waals surface area contributed by atoms with Gasteiger partial charge in [-0.3, -0.25) is 4.79 Å². The van der Waals surface area contributed by atoms with E-state index in [0.717, 1.165) is 40.8 Å². The van der Waals surface area contributed by atoms with Gasteiger partial charge in [0.25, 0.3) is 0 Å². The van der Waals surface area contributed by atoms with E-state index in [4.69, 9.17) is 0 Å². The zero-order valence-electron chi connectivity index (χ0n) is 24.3. The fraction of sp³-hybridized carbons (Fsp3) is 0.514. The second kappa shape index (κ2) is 11.0. The first-order chi connectivity index (χ1) is 20.4. The summed E-state index contributed by atoms with van der Waals surface area (Å²) in [7, 11) is 0. The molecular weight excluding hydrogens is 561 g/mol. The number of aliphatic hydroxyl groups is 1. The van der Waals surface area contributed by atoms with Gasteiger partial charge in [0.2, 0.25) is 0 Å². The van der Waals surface area contributed by atoms with Crippen molar-refractivity contribution in [1.29, 1.82) is 0 Å². The van der Waals surface area contributed by atoms with Gasteiger partial charge in [-0.25, -0.2) is 0 Å². The fourth-order valence-corrected chi connectivity index (χ4v) is 8.69. The van der Waals surface area contributed by atoms with Crippen LogP contribution in [-0.4, -0.2) is 35.1 Å². The van der Waals surface area contributed by atoms with Crippen LogP contribution in [0.4, 0.5) is 22.0 Å². The van der Waals surface area contributed by atoms with E-state index in [9.17, 15) is 23.1 Å². The molecule has 0 aliphatic heterocycles. The van der Waals surface area contributed by atoms with Crippen LogP contribution in [0.3, 0.4) is 0 Å². The molecule has 4 aliphatic rings. The average molecular weight is 600 g/mol. The highest BCUT2D eigenvalue weighted by Crippen LogP contribution is 2.70. The summed E-state index contributed by atoms with van der Waals surface area (Å²) < 4.78 is 71.7. The van der Waals surface area contributed by atoms with Gasteiger partial charge in [-0.05, 0) is 97.2 Å². The average Bonchev–Trinajstić information content (AvgIpc) is 3.26. The molecule has 43 heavy (non-hydrogen) atoms. The quantitative estimate of drug-likeness (QED) is 0.252. The zero-order chi connectivity index (χ0) is 30.6. The van der Waals surface area contributed by atoms with Gasteiger partial charge in [0.15, 0.2) is 5.78 Å². The fourth-order valence-electron chi connectivity index (χ4n) is 8.69. The predicted octanol–water partition coefficient (Wildman–Crippen LogP) is 7.85. The molecule has 0 bridgehead atoms. The van der Waals surface area contributed by atoms with Crippen molar-refractivity contribution < 1.29 is 31.9 Å². The Hall–Kier alpha value is -2.84. The van der Waals surface area contributed by atoms with Crippen LogP contribution in [0.1, 0.15) is 74.5 Å². The molecule has 4 aliphatic carbocycles. The Balaban J connectivity index is 1.32. The summed E-state index contributed by atoms with van der Waals surface area (Å²) in [5.41, 5.74) is 1.43. The van der Waals surface area contributed by atoms with Crippen LogP contribution in [0.15, 0.2) is 77.4 Å². The third-order valence-corrected chi connectivity index (χ3v) is 10.9. The largest absolute Gasteiger partial charge is 0.456 e. The molecular formula is C35H38F5NO2. The smallest absolute Gasteiger partial charge is 0.383 e. The van der Waals surface area contributed by atoms with Gasteiger partial charge in [0.1, 0.15) is 5.60 Å². The Labute approximate surface area is 249 Å². The zero-order valence-corrected chi connectivity index (χ0v) is 24.3. The van der Waals surface area contributed by atoms with E-state index in [-0.39, 0.29) is 24.5 Å². The Morgan fingerprint density at radius 3 is 2.35 bits per heavy atom. The van der Waals surface area contributed by atoms with Crippen molar-refractivity contribution in [2.24, 2.45) is 17.3 Å². The van der Waals surface area contributed by atoms with Crippen molar-refractivity contribution >= 4 is 5.78 Å². The van der Waals surface area contributed by atoms with E-state index < -0.39 is 41.4 Å². The Morgan fingerprint density at radius 2 is 1.65 bits per heavy atom. The van der Waals surface area contributed by atoms with Crippen molar-refractivity contribution in [3.8, 4) is 0 Å². The van der Waals surface area contributed by atoms with Crippen molar-refractivity contribution in [2.75, 3.05) is 6.54 Å². The number of rotatable bonds is 7. The normalized spacial score (nSPS) is 30.9. The lowest BCUT2D eigenvalue weighted by Crippen LogP contribution is -2.65. The van der Waals surface area contributed by atoms with Gasteiger partial charge in [0, 0.05) is 24.3 Å². The molecule has 2 aromatic rings. The van der Waals surface area contributed by atoms with E-state index in [2.05, 4.69) is 17.4 Å². The predicted molar refractivity (Wildman–Crippen MR) is 155 cm³/mol. The molecule has 0 unspecified atom stereocenters. The van der Waals surface area contributed by atoms with Gasteiger partial charge in [-0.2, -0.15) is 22.0 Å².